The average molecular weight is 419 g/mol. The molecule has 2 heterocycles. The summed E-state index contributed by atoms with van der Waals surface area (Å²) in [6.07, 6.45) is 1.92. The molecule has 1 fully saturated rings. The molecular formula is C25H30N4O2. The van der Waals surface area contributed by atoms with E-state index in [1.54, 1.807) is 0 Å². The van der Waals surface area contributed by atoms with E-state index < -0.39 is 0 Å². The van der Waals surface area contributed by atoms with Crippen LogP contribution in [0.15, 0.2) is 53.1 Å². The van der Waals surface area contributed by atoms with Gasteiger partial charge in [-0.1, -0.05) is 61.5 Å². The molecule has 0 saturated carbocycles. The fourth-order valence-corrected chi connectivity index (χ4v) is 4.07. The molecule has 1 aromatic heterocycles. The highest BCUT2D eigenvalue weighted by Crippen LogP contribution is 2.31. The number of likely N-dealkylation sites (tertiary alicyclic amines) is 1. The minimum absolute atomic E-state index is 0.0428. The molecule has 1 unspecified atom stereocenters. The van der Waals surface area contributed by atoms with Crippen molar-refractivity contribution in [2.75, 3.05) is 18.4 Å². The molecular weight excluding hydrogens is 388 g/mol. The lowest BCUT2D eigenvalue weighted by atomic mass is 9.96. The highest BCUT2D eigenvalue weighted by molar-refractivity contribution is 5.97. The molecule has 31 heavy (non-hydrogen) atoms. The van der Waals surface area contributed by atoms with E-state index in [-0.39, 0.29) is 17.7 Å². The molecule has 1 saturated heterocycles. The number of amides is 1. The van der Waals surface area contributed by atoms with Gasteiger partial charge in [0.05, 0.1) is 17.2 Å². The fraction of sp³-hybridized carbons (Fsp3) is 0.400. The zero-order chi connectivity index (χ0) is 21.8. The van der Waals surface area contributed by atoms with Crippen molar-refractivity contribution in [3.05, 3.63) is 65.5 Å². The van der Waals surface area contributed by atoms with Crippen LogP contribution in [0.5, 0.6) is 0 Å². The Morgan fingerprint density at radius 3 is 2.74 bits per heavy atom. The highest BCUT2D eigenvalue weighted by atomic mass is 16.5. The van der Waals surface area contributed by atoms with Gasteiger partial charge >= 0.3 is 0 Å². The monoisotopic (exact) mass is 418 g/mol. The molecule has 1 atom stereocenters. The SMILES string of the molecule is Cc1cccc(-c2nc(C(C)C)no2)c1NC(=O)C1CCCN(Cc2ccccc2)C1. The number of aryl methyl sites for hydroxylation is 1. The number of piperidine rings is 1. The first-order valence-corrected chi connectivity index (χ1v) is 11.0. The van der Waals surface area contributed by atoms with E-state index in [0.29, 0.717) is 11.7 Å². The summed E-state index contributed by atoms with van der Waals surface area (Å²) in [7, 11) is 0. The average Bonchev–Trinajstić information content (AvgIpc) is 3.26. The van der Waals surface area contributed by atoms with Crippen LogP contribution in [0.2, 0.25) is 0 Å². The van der Waals surface area contributed by atoms with Crippen LogP contribution >= 0.6 is 0 Å². The minimum Gasteiger partial charge on any atom is -0.334 e. The summed E-state index contributed by atoms with van der Waals surface area (Å²) in [6.45, 7) is 8.70. The number of carbonyl (C=O) groups is 1. The van der Waals surface area contributed by atoms with Gasteiger partial charge in [-0.25, -0.2) is 0 Å². The number of para-hydroxylation sites is 1. The molecule has 162 valence electrons. The second kappa shape index (κ2) is 9.43. The van der Waals surface area contributed by atoms with Crippen LogP contribution in [-0.4, -0.2) is 34.0 Å². The molecule has 2 aromatic carbocycles. The smallest absolute Gasteiger partial charge is 0.260 e. The number of carbonyl (C=O) groups excluding carboxylic acids is 1. The lowest BCUT2D eigenvalue weighted by Gasteiger charge is -2.32. The molecule has 0 aliphatic carbocycles. The second-order valence-corrected chi connectivity index (χ2v) is 8.66. The van der Waals surface area contributed by atoms with Gasteiger partial charge in [0.15, 0.2) is 5.82 Å². The largest absolute Gasteiger partial charge is 0.334 e. The predicted molar refractivity (Wildman–Crippen MR) is 122 cm³/mol. The first-order chi connectivity index (χ1) is 15.0. The van der Waals surface area contributed by atoms with Gasteiger partial charge in [0, 0.05) is 19.0 Å². The maximum Gasteiger partial charge on any atom is 0.260 e. The van der Waals surface area contributed by atoms with Gasteiger partial charge < -0.3 is 9.84 Å². The second-order valence-electron chi connectivity index (χ2n) is 8.66. The quantitative estimate of drug-likeness (QED) is 0.609. The Bertz CT molecular complexity index is 1030. The van der Waals surface area contributed by atoms with Crippen molar-refractivity contribution in [2.24, 2.45) is 5.92 Å². The van der Waals surface area contributed by atoms with Crippen molar-refractivity contribution in [2.45, 2.75) is 46.1 Å². The molecule has 1 amide bonds. The molecule has 1 N–H and O–H groups in total. The Labute approximate surface area is 183 Å². The Morgan fingerprint density at radius 1 is 1.19 bits per heavy atom. The van der Waals surface area contributed by atoms with Crippen molar-refractivity contribution in [1.29, 1.82) is 0 Å². The third-order valence-electron chi connectivity index (χ3n) is 5.83. The van der Waals surface area contributed by atoms with E-state index in [9.17, 15) is 4.79 Å². The van der Waals surface area contributed by atoms with Crippen LogP contribution in [-0.2, 0) is 11.3 Å². The summed E-state index contributed by atoms with van der Waals surface area (Å²) in [5, 5.41) is 7.25. The van der Waals surface area contributed by atoms with E-state index >= 15 is 0 Å². The lowest BCUT2D eigenvalue weighted by molar-refractivity contribution is -0.121. The summed E-state index contributed by atoms with van der Waals surface area (Å²) in [6, 6.07) is 16.3. The topological polar surface area (TPSA) is 71.3 Å². The van der Waals surface area contributed by atoms with Crippen molar-refractivity contribution in [3.8, 4) is 11.5 Å². The van der Waals surface area contributed by atoms with Crippen LogP contribution in [0.4, 0.5) is 5.69 Å². The van der Waals surface area contributed by atoms with Crippen molar-refractivity contribution < 1.29 is 9.32 Å². The third-order valence-corrected chi connectivity index (χ3v) is 5.83. The molecule has 0 spiro atoms. The van der Waals surface area contributed by atoms with Gasteiger partial charge in [0.2, 0.25) is 5.91 Å². The Balaban J connectivity index is 1.49. The molecule has 1 aliphatic rings. The summed E-state index contributed by atoms with van der Waals surface area (Å²) >= 11 is 0. The number of hydrogen-bond donors (Lipinski definition) is 1. The first-order valence-electron chi connectivity index (χ1n) is 11.0. The van der Waals surface area contributed by atoms with Gasteiger partial charge in [0.1, 0.15) is 0 Å². The molecule has 6 nitrogen and oxygen atoms in total. The van der Waals surface area contributed by atoms with Crippen LogP contribution in [0.3, 0.4) is 0 Å². The Morgan fingerprint density at radius 2 is 2.00 bits per heavy atom. The molecule has 4 rings (SSSR count). The summed E-state index contributed by atoms with van der Waals surface area (Å²) in [5.74, 6) is 1.29. The molecule has 0 radical (unpaired) electrons. The Hall–Kier alpha value is -2.99. The Kier molecular flexibility index (Phi) is 6.47. The molecule has 6 heteroatoms. The van der Waals surface area contributed by atoms with Gasteiger partial charge in [-0.2, -0.15) is 4.98 Å². The summed E-state index contributed by atoms with van der Waals surface area (Å²) in [4.78, 5) is 20.1. The van der Waals surface area contributed by atoms with Crippen molar-refractivity contribution in [1.82, 2.24) is 15.0 Å². The van der Waals surface area contributed by atoms with E-state index in [2.05, 4.69) is 44.6 Å². The fourth-order valence-electron chi connectivity index (χ4n) is 4.07. The van der Waals surface area contributed by atoms with Crippen molar-refractivity contribution >= 4 is 11.6 Å². The van der Waals surface area contributed by atoms with Crippen LogP contribution in [0.25, 0.3) is 11.5 Å². The van der Waals surface area contributed by atoms with Crippen LogP contribution in [0, 0.1) is 12.8 Å². The standard InChI is InChI=1S/C25H30N4O2/c1-17(2)23-27-25(31-28-23)21-13-7-9-18(3)22(21)26-24(30)20-12-8-14-29(16-20)15-19-10-5-4-6-11-19/h4-7,9-11,13,17,20H,8,12,14-16H2,1-3H3,(H,26,30). The normalized spacial score (nSPS) is 17.1. The first kappa shape index (κ1) is 21.2. The minimum atomic E-state index is -0.0428. The maximum atomic E-state index is 13.2. The third kappa shape index (κ3) is 5.02. The molecule has 1 aliphatic heterocycles. The number of aromatic nitrogens is 2. The number of nitrogens with one attached hydrogen (secondary N) is 1. The van der Waals surface area contributed by atoms with Gasteiger partial charge in [0.25, 0.3) is 5.89 Å². The van der Waals surface area contributed by atoms with Crippen LogP contribution in [0.1, 0.15) is 49.6 Å². The van der Waals surface area contributed by atoms with Gasteiger partial charge in [-0.15, -0.1) is 0 Å². The zero-order valence-corrected chi connectivity index (χ0v) is 18.5. The van der Waals surface area contributed by atoms with E-state index in [1.807, 2.05) is 45.0 Å². The van der Waals surface area contributed by atoms with Gasteiger partial charge in [-0.3, -0.25) is 9.69 Å². The number of anilines is 1. The summed E-state index contributed by atoms with van der Waals surface area (Å²) < 4.78 is 5.50. The number of hydrogen-bond acceptors (Lipinski definition) is 5. The van der Waals surface area contributed by atoms with Crippen molar-refractivity contribution in [3.63, 3.8) is 0 Å². The molecule has 0 bridgehead atoms. The van der Waals surface area contributed by atoms with Gasteiger partial charge in [-0.05, 0) is 43.5 Å². The highest BCUT2D eigenvalue weighted by Gasteiger charge is 2.27. The van der Waals surface area contributed by atoms with E-state index in [1.165, 1.54) is 5.56 Å². The van der Waals surface area contributed by atoms with Crippen LogP contribution < -0.4 is 5.32 Å². The number of nitrogens with zero attached hydrogens (tertiary/aromatic N) is 3. The zero-order valence-electron chi connectivity index (χ0n) is 18.5. The maximum absolute atomic E-state index is 13.2. The van der Waals surface area contributed by atoms with E-state index in [4.69, 9.17) is 4.52 Å². The summed E-state index contributed by atoms with van der Waals surface area (Å²) in [5.41, 5.74) is 3.78. The van der Waals surface area contributed by atoms with E-state index in [0.717, 1.165) is 49.3 Å². The number of benzene rings is 2. The molecule has 3 aromatic rings. The lowest BCUT2D eigenvalue weighted by Crippen LogP contribution is -2.40. The predicted octanol–water partition coefficient (Wildman–Crippen LogP) is 5.02. The number of rotatable bonds is 6.